The lowest BCUT2D eigenvalue weighted by Crippen LogP contribution is -1.97. The van der Waals surface area contributed by atoms with E-state index in [1.807, 2.05) is 30.3 Å². The van der Waals surface area contributed by atoms with Crippen molar-refractivity contribution in [3.63, 3.8) is 0 Å². The van der Waals surface area contributed by atoms with Crippen molar-refractivity contribution < 1.29 is 19.8 Å². The molecule has 2 N–H and O–H groups in total. The summed E-state index contributed by atoms with van der Waals surface area (Å²) in [4.78, 5) is 23.3. The second kappa shape index (κ2) is 4.98. The number of thiophene rings is 2. The van der Waals surface area contributed by atoms with Crippen molar-refractivity contribution in [2.75, 3.05) is 0 Å². The van der Waals surface area contributed by atoms with Gasteiger partial charge in [0.2, 0.25) is 0 Å². The van der Waals surface area contributed by atoms with Crippen molar-refractivity contribution in [1.82, 2.24) is 0 Å². The quantitative estimate of drug-likeness (QED) is 0.753. The number of carboxylic acids is 2. The summed E-state index contributed by atoms with van der Waals surface area (Å²) in [5.74, 6) is -1.96. The number of fused-ring (bicyclic) bond motifs is 1. The van der Waals surface area contributed by atoms with Crippen LogP contribution in [0.2, 0.25) is 0 Å². The molecule has 0 spiro atoms. The zero-order valence-electron chi connectivity index (χ0n) is 10.9. The monoisotopic (exact) mass is 318 g/mol. The molecule has 0 bridgehead atoms. The molecular weight excluding hydrogens is 308 g/mol. The van der Waals surface area contributed by atoms with Gasteiger partial charge >= 0.3 is 11.9 Å². The molecule has 1 aromatic carbocycles. The largest absolute Gasteiger partial charge is 0.477 e. The van der Waals surface area contributed by atoms with E-state index in [-0.39, 0.29) is 9.75 Å². The zero-order chi connectivity index (χ0) is 15.1. The summed E-state index contributed by atoms with van der Waals surface area (Å²) in [6, 6.07) is 9.21. The highest BCUT2D eigenvalue weighted by atomic mass is 32.2. The van der Waals surface area contributed by atoms with Gasteiger partial charge in [-0.15, -0.1) is 22.7 Å². The van der Waals surface area contributed by atoms with Crippen molar-refractivity contribution in [3.05, 3.63) is 45.6 Å². The van der Waals surface area contributed by atoms with Gasteiger partial charge in [0.15, 0.2) is 0 Å². The molecule has 0 aliphatic heterocycles. The van der Waals surface area contributed by atoms with Crippen molar-refractivity contribution in [2.45, 2.75) is 6.92 Å². The fraction of sp³-hybridized carbons (Fsp3) is 0.0667. The molecule has 106 valence electrons. The van der Waals surface area contributed by atoms with E-state index < -0.39 is 11.9 Å². The third kappa shape index (κ3) is 2.12. The molecule has 0 saturated carbocycles. The van der Waals surface area contributed by atoms with Gasteiger partial charge in [0, 0.05) is 10.9 Å². The SMILES string of the molecule is Cc1c(C(=O)O)sc2sc(C(=O)O)c(-c3ccccc3)c12. The number of benzene rings is 1. The van der Waals surface area contributed by atoms with Crippen LogP contribution in [-0.2, 0) is 0 Å². The van der Waals surface area contributed by atoms with Crippen LogP contribution < -0.4 is 0 Å². The van der Waals surface area contributed by atoms with Gasteiger partial charge in [-0.1, -0.05) is 30.3 Å². The summed E-state index contributed by atoms with van der Waals surface area (Å²) >= 11 is 2.27. The number of hydrogen-bond acceptors (Lipinski definition) is 4. The van der Waals surface area contributed by atoms with E-state index in [0.29, 0.717) is 11.1 Å². The predicted octanol–water partition coefficient (Wildman–Crippen LogP) is 4.33. The smallest absolute Gasteiger partial charge is 0.346 e. The van der Waals surface area contributed by atoms with Gasteiger partial charge in [-0.05, 0) is 18.1 Å². The Morgan fingerprint density at radius 1 is 0.952 bits per heavy atom. The number of hydrogen-bond donors (Lipinski definition) is 2. The van der Waals surface area contributed by atoms with Gasteiger partial charge in [0.25, 0.3) is 0 Å². The number of aryl methyl sites for hydroxylation is 1. The molecule has 0 aliphatic rings. The molecule has 2 heterocycles. The van der Waals surface area contributed by atoms with Crippen LogP contribution in [-0.4, -0.2) is 22.2 Å². The zero-order valence-corrected chi connectivity index (χ0v) is 12.5. The molecule has 0 amide bonds. The summed E-state index contributed by atoms with van der Waals surface area (Å²) in [7, 11) is 0. The molecule has 0 unspecified atom stereocenters. The number of carbonyl (C=O) groups is 2. The van der Waals surface area contributed by atoms with E-state index in [1.165, 1.54) is 0 Å². The lowest BCUT2D eigenvalue weighted by molar-refractivity contribution is 0.0691. The maximum absolute atomic E-state index is 11.5. The van der Waals surface area contributed by atoms with Crippen molar-refractivity contribution in [2.24, 2.45) is 0 Å². The van der Waals surface area contributed by atoms with Crippen LogP contribution in [0.5, 0.6) is 0 Å². The molecule has 0 radical (unpaired) electrons. The molecular formula is C15H10O4S2. The molecule has 0 aliphatic carbocycles. The highest BCUT2D eigenvalue weighted by Gasteiger charge is 2.25. The maximum Gasteiger partial charge on any atom is 0.346 e. The first kappa shape index (κ1) is 13.8. The number of aromatic carboxylic acids is 2. The van der Waals surface area contributed by atoms with Gasteiger partial charge in [-0.25, -0.2) is 9.59 Å². The van der Waals surface area contributed by atoms with Crippen LogP contribution in [0, 0.1) is 6.92 Å². The van der Waals surface area contributed by atoms with Gasteiger partial charge in [0.05, 0.1) is 4.01 Å². The van der Waals surface area contributed by atoms with Gasteiger partial charge in [-0.3, -0.25) is 0 Å². The maximum atomic E-state index is 11.5. The van der Waals surface area contributed by atoms with Crippen LogP contribution in [0.15, 0.2) is 30.3 Å². The highest BCUT2D eigenvalue weighted by Crippen LogP contribution is 2.45. The molecule has 0 fully saturated rings. The Labute approximate surface area is 127 Å². The minimum Gasteiger partial charge on any atom is -0.477 e. The van der Waals surface area contributed by atoms with Gasteiger partial charge in [-0.2, -0.15) is 0 Å². The summed E-state index contributed by atoms with van der Waals surface area (Å²) in [5, 5.41) is 19.4. The highest BCUT2D eigenvalue weighted by molar-refractivity contribution is 7.40. The van der Waals surface area contributed by atoms with E-state index >= 15 is 0 Å². The minimum absolute atomic E-state index is 0.252. The Bertz CT molecular complexity index is 859. The summed E-state index contributed by atoms with van der Waals surface area (Å²) < 4.78 is 0.737. The molecule has 0 atom stereocenters. The Balaban J connectivity index is 2.41. The molecule has 0 saturated heterocycles. The number of carboxylic acid groups (broad SMARTS) is 2. The van der Waals surface area contributed by atoms with Crippen LogP contribution in [0.3, 0.4) is 0 Å². The summed E-state index contributed by atoms with van der Waals surface area (Å²) in [6.07, 6.45) is 0. The fourth-order valence-corrected chi connectivity index (χ4v) is 4.84. The topological polar surface area (TPSA) is 74.6 Å². The second-order valence-corrected chi connectivity index (χ2v) is 6.80. The molecule has 4 nitrogen and oxygen atoms in total. The van der Waals surface area contributed by atoms with Crippen molar-refractivity contribution in [1.29, 1.82) is 0 Å². The first-order chi connectivity index (χ1) is 10.0. The third-order valence-electron chi connectivity index (χ3n) is 3.24. The molecule has 2 aromatic heterocycles. The average molecular weight is 318 g/mol. The lowest BCUT2D eigenvalue weighted by atomic mass is 10.0. The normalized spacial score (nSPS) is 10.9. The van der Waals surface area contributed by atoms with E-state index in [2.05, 4.69) is 0 Å². The van der Waals surface area contributed by atoms with Crippen molar-refractivity contribution >= 4 is 44.0 Å². The number of rotatable bonds is 3. The Kier molecular flexibility index (Phi) is 3.27. The molecule has 6 heteroatoms. The first-order valence-electron chi connectivity index (χ1n) is 6.08. The van der Waals surface area contributed by atoms with Gasteiger partial charge < -0.3 is 10.2 Å². The van der Waals surface area contributed by atoms with Crippen LogP contribution >= 0.6 is 22.7 Å². The van der Waals surface area contributed by atoms with E-state index in [4.69, 9.17) is 0 Å². The average Bonchev–Trinajstić information content (AvgIpc) is 2.97. The lowest BCUT2D eigenvalue weighted by Gasteiger charge is -2.02. The summed E-state index contributed by atoms with van der Waals surface area (Å²) in [5.41, 5.74) is 2.04. The minimum atomic E-state index is -0.987. The third-order valence-corrected chi connectivity index (χ3v) is 5.78. The first-order valence-corrected chi connectivity index (χ1v) is 7.72. The van der Waals surface area contributed by atoms with Gasteiger partial charge in [0.1, 0.15) is 9.75 Å². The Hall–Kier alpha value is -2.18. The van der Waals surface area contributed by atoms with Crippen LogP contribution in [0.1, 0.15) is 24.9 Å². The standard InChI is InChI=1S/C15H10O4S2/c1-7-9-10(8-5-3-2-4-6-8)12(14(18)19)21-15(9)20-11(7)13(16)17/h2-6H,1H3,(H,16,17)(H,18,19). The van der Waals surface area contributed by atoms with Crippen LogP contribution in [0.25, 0.3) is 20.5 Å². The Morgan fingerprint density at radius 3 is 2.10 bits per heavy atom. The predicted molar refractivity (Wildman–Crippen MR) is 83.8 cm³/mol. The summed E-state index contributed by atoms with van der Waals surface area (Å²) in [6.45, 7) is 1.73. The fourth-order valence-electron chi connectivity index (χ4n) is 2.34. The van der Waals surface area contributed by atoms with E-state index in [1.54, 1.807) is 6.92 Å². The van der Waals surface area contributed by atoms with E-state index in [9.17, 15) is 19.8 Å². The van der Waals surface area contributed by atoms with Crippen molar-refractivity contribution in [3.8, 4) is 11.1 Å². The van der Waals surface area contributed by atoms with E-state index in [0.717, 1.165) is 37.6 Å². The molecule has 21 heavy (non-hydrogen) atoms. The Morgan fingerprint density at radius 2 is 1.52 bits per heavy atom. The van der Waals surface area contributed by atoms with Crippen LogP contribution in [0.4, 0.5) is 0 Å². The molecule has 3 aromatic rings. The molecule has 3 rings (SSSR count). The second-order valence-electron chi connectivity index (χ2n) is 4.50.